The highest BCUT2D eigenvalue weighted by Gasteiger charge is 2.26. The molecule has 0 spiro atoms. The third kappa shape index (κ3) is 4.65. The summed E-state index contributed by atoms with van der Waals surface area (Å²) in [6.07, 6.45) is 1.55. The van der Waals surface area contributed by atoms with E-state index in [4.69, 9.17) is 0 Å². The summed E-state index contributed by atoms with van der Waals surface area (Å²) in [6.45, 7) is 1.56. The summed E-state index contributed by atoms with van der Waals surface area (Å²) in [5.74, 6) is -0.534. The molecule has 8 heteroatoms. The zero-order chi connectivity index (χ0) is 20.0. The molecule has 144 valence electrons. The van der Waals surface area contributed by atoms with Gasteiger partial charge in [0.25, 0.3) is 15.9 Å². The van der Waals surface area contributed by atoms with Crippen molar-refractivity contribution in [3.05, 3.63) is 82.6 Å². The number of carbonyl (C=O) groups excluding carboxylic acids is 1. The Balaban J connectivity index is 1.81. The molecule has 2 aromatic carbocycles. The average Bonchev–Trinajstić information content (AvgIpc) is 3.12. The lowest BCUT2D eigenvalue weighted by molar-refractivity contribution is -0.119. The number of thiophene rings is 1. The molecule has 28 heavy (non-hydrogen) atoms. The number of nitrogens with zero attached hydrogens (tertiary/aromatic N) is 2. The van der Waals surface area contributed by atoms with E-state index >= 15 is 0 Å². The lowest BCUT2D eigenvalue weighted by Crippen LogP contribution is -2.39. The van der Waals surface area contributed by atoms with Crippen LogP contribution in [0.25, 0.3) is 0 Å². The van der Waals surface area contributed by atoms with Gasteiger partial charge in [0, 0.05) is 4.88 Å². The highest BCUT2D eigenvalue weighted by atomic mass is 32.2. The molecule has 0 saturated carbocycles. The second kappa shape index (κ2) is 8.81. The van der Waals surface area contributed by atoms with Gasteiger partial charge in [0.2, 0.25) is 0 Å². The van der Waals surface area contributed by atoms with Gasteiger partial charge in [-0.05, 0) is 48.2 Å². The molecule has 1 aromatic heterocycles. The maximum Gasteiger partial charge on any atom is 0.264 e. The smallest absolute Gasteiger partial charge is 0.264 e. The van der Waals surface area contributed by atoms with Crippen molar-refractivity contribution >= 4 is 39.2 Å². The Morgan fingerprint density at radius 3 is 2.32 bits per heavy atom. The van der Waals surface area contributed by atoms with E-state index < -0.39 is 15.9 Å². The second-order valence-corrected chi connectivity index (χ2v) is 8.73. The van der Waals surface area contributed by atoms with Crippen LogP contribution in [0.5, 0.6) is 0 Å². The minimum Gasteiger partial charge on any atom is -0.271 e. The third-order valence-electron chi connectivity index (χ3n) is 3.94. The molecule has 0 radical (unpaired) electrons. The molecular formula is C20H19N3O3S2. The maximum absolute atomic E-state index is 13.1. The van der Waals surface area contributed by atoms with Gasteiger partial charge >= 0.3 is 0 Å². The molecule has 1 heterocycles. The van der Waals surface area contributed by atoms with Crippen LogP contribution in [0.1, 0.15) is 10.4 Å². The number of amides is 1. The summed E-state index contributed by atoms with van der Waals surface area (Å²) < 4.78 is 27.2. The zero-order valence-corrected chi connectivity index (χ0v) is 16.8. The monoisotopic (exact) mass is 413 g/mol. The predicted molar refractivity (Wildman–Crippen MR) is 112 cm³/mol. The lowest BCUT2D eigenvalue weighted by Gasteiger charge is -2.23. The molecule has 0 atom stereocenters. The Labute approximate surface area is 168 Å². The highest BCUT2D eigenvalue weighted by Crippen LogP contribution is 2.23. The van der Waals surface area contributed by atoms with E-state index in [9.17, 15) is 13.2 Å². The zero-order valence-electron chi connectivity index (χ0n) is 15.1. The largest absolute Gasteiger partial charge is 0.271 e. The van der Waals surface area contributed by atoms with Crippen LogP contribution in [-0.2, 0) is 14.8 Å². The van der Waals surface area contributed by atoms with Crippen molar-refractivity contribution in [2.75, 3.05) is 10.8 Å². The van der Waals surface area contributed by atoms with E-state index in [0.717, 1.165) is 14.7 Å². The van der Waals surface area contributed by atoms with Gasteiger partial charge in [-0.25, -0.2) is 13.8 Å². The highest BCUT2D eigenvalue weighted by molar-refractivity contribution is 7.92. The normalized spacial score (nSPS) is 11.5. The van der Waals surface area contributed by atoms with Gasteiger partial charge in [0.05, 0.1) is 16.8 Å². The predicted octanol–water partition coefficient (Wildman–Crippen LogP) is 3.40. The maximum atomic E-state index is 13.1. The molecule has 0 aliphatic rings. The van der Waals surface area contributed by atoms with Crippen LogP contribution in [0.3, 0.4) is 0 Å². The van der Waals surface area contributed by atoms with Gasteiger partial charge in [-0.15, -0.1) is 11.3 Å². The van der Waals surface area contributed by atoms with Crippen LogP contribution >= 0.6 is 11.3 Å². The third-order valence-corrected chi connectivity index (χ3v) is 6.68. The van der Waals surface area contributed by atoms with Gasteiger partial charge in [-0.1, -0.05) is 36.4 Å². The van der Waals surface area contributed by atoms with Crippen molar-refractivity contribution in [3.8, 4) is 0 Å². The van der Waals surface area contributed by atoms with Gasteiger partial charge < -0.3 is 0 Å². The van der Waals surface area contributed by atoms with Gasteiger partial charge in [0.15, 0.2) is 0 Å². The topological polar surface area (TPSA) is 78.8 Å². The Hall–Kier alpha value is -2.97. The Kier molecular flexibility index (Phi) is 6.23. The van der Waals surface area contributed by atoms with Gasteiger partial charge in [-0.3, -0.25) is 9.10 Å². The molecule has 3 aromatic rings. The van der Waals surface area contributed by atoms with Crippen LogP contribution in [0.15, 0.2) is 82.1 Å². The fourth-order valence-electron chi connectivity index (χ4n) is 2.47. The lowest BCUT2D eigenvalue weighted by atomic mass is 10.3. The van der Waals surface area contributed by atoms with E-state index in [1.54, 1.807) is 54.7 Å². The van der Waals surface area contributed by atoms with Crippen LogP contribution in [0, 0.1) is 6.92 Å². The minimum atomic E-state index is -3.90. The van der Waals surface area contributed by atoms with Crippen molar-refractivity contribution < 1.29 is 13.2 Å². The molecular weight excluding hydrogens is 394 g/mol. The van der Waals surface area contributed by atoms with Crippen molar-refractivity contribution in [1.29, 1.82) is 0 Å². The van der Waals surface area contributed by atoms with Crippen molar-refractivity contribution in [3.63, 3.8) is 0 Å². The first-order valence-electron chi connectivity index (χ1n) is 8.47. The Bertz CT molecular complexity index is 1060. The number of sulfonamides is 1. The second-order valence-electron chi connectivity index (χ2n) is 5.92. The number of rotatable bonds is 7. The number of aryl methyl sites for hydroxylation is 1. The first-order valence-corrected chi connectivity index (χ1v) is 10.8. The molecule has 0 aliphatic carbocycles. The molecule has 0 saturated heterocycles. The summed E-state index contributed by atoms with van der Waals surface area (Å²) in [6, 6.07) is 18.5. The molecule has 1 N–H and O–H groups in total. The van der Waals surface area contributed by atoms with Crippen LogP contribution in [-0.4, -0.2) is 27.1 Å². The first-order chi connectivity index (χ1) is 13.5. The number of hydrogen-bond donors (Lipinski definition) is 1. The Morgan fingerprint density at radius 1 is 1.07 bits per heavy atom. The number of nitrogens with one attached hydrogen (secondary N) is 1. The molecule has 1 amide bonds. The number of hydrazone groups is 1. The summed E-state index contributed by atoms with van der Waals surface area (Å²) in [7, 11) is -3.90. The van der Waals surface area contributed by atoms with Crippen molar-refractivity contribution in [2.24, 2.45) is 5.10 Å². The summed E-state index contributed by atoms with van der Waals surface area (Å²) in [5.41, 5.74) is 3.86. The molecule has 6 nitrogen and oxygen atoms in total. The molecule has 0 fully saturated rings. The average molecular weight is 414 g/mol. The van der Waals surface area contributed by atoms with Crippen LogP contribution < -0.4 is 9.73 Å². The standard InChI is InChI=1S/C20H19N3O3S2/c1-16-12-13-27-19(16)14-21-22-20(24)15-23(17-8-4-2-5-9-17)28(25,26)18-10-6-3-7-11-18/h2-14H,15H2,1H3,(H,22,24)/b21-14-. The van der Waals surface area contributed by atoms with E-state index in [2.05, 4.69) is 10.5 Å². The van der Waals surface area contributed by atoms with E-state index in [0.29, 0.717) is 5.69 Å². The van der Waals surface area contributed by atoms with Crippen molar-refractivity contribution in [1.82, 2.24) is 5.43 Å². The van der Waals surface area contributed by atoms with E-state index in [1.807, 2.05) is 18.4 Å². The molecule has 0 aliphatic heterocycles. The van der Waals surface area contributed by atoms with Gasteiger partial charge in [-0.2, -0.15) is 5.10 Å². The number of carbonyl (C=O) groups is 1. The Morgan fingerprint density at radius 2 is 1.71 bits per heavy atom. The number of hydrogen-bond acceptors (Lipinski definition) is 5. The summed E-state index contributed by atoms with van der Waals surface area (Å²) in [5, 5.41) is 5.87. The molecule has 3 rings (SSSR count). The van der Waals surface area contributed by atoms with Gasteiger partial charge in [0.1, 0.15) is 6.54 Å². The van der Waals surface area contributed by atoms with E-state index in [1.165, 1.54) is 23.5 Å². The van der Waals surface area contributed by atoms with Crippen LogP contribution in [0.4, 0.5) is 5.69 Å². The fourth-order valence-corrected chi connectivity index (χ4v) is 4.70. The molecule has 0 bridgehead atoms. The first kappa shape index (κ1) is 19.8. The SMILES string of the molecule is Cc1ccsc1/C=N\NC(=O)CN(c1ccccc1)S(=O)(=O)c1ccccc1. The van der Waals surface area contributed by atoms with E-state index in [-0.39, 0.29) is 11.4 Å². The molecule has 0 unspecified atom stereocenters. The van der Waals surface area contributed by atoms with Crippen molar-refractivity contribution in [2.45, 2.75) is 11.8 Å². The fraction of sp³-hybridized carbons (Fsp3) is 0.100. The number of anilines is 1. The summed E-state index contributed by atoms with van der Waals surface area (Å²) >= 11 is 1.51. The minimum absolute atomic E-state index is 0.115. The summed E-state index contributed by atoms with van der Waals surface area (Å²) in [4.78, 5) is 13.4. The number of benzene rings is 2. The quantitative estimate of drug-likeness (QED) is 0.476. The van der Waals surface area contributed by atoms with Crippen LogP contribution in [0.2, 0.25) is 0 Å². The number of para-hydroxylation sites is 1.